The largest absolute Gasteiger partial charge is 0.378 e. The van der Waals surface area contributed by atoms with Crippen LogP contribution in [0.4, 0.5) is 14.5 Å². The average molecular weight is 429 g/mol. The van der Waals surface area contributed by atoms with Gasteiger partial charge in [-0.25, -0.2) is 8.78 Å². The summed E-state index contributed by atoms with van der Waals surface area (Å²) in [6.45, 7) is 3.42. The summed E-state index contributed by atoms with van der Waals surface area (Å²) in [5, 5.41) is 3.27. The number of rotatable bonds is 3. The van der Waals surface area contributed by atoms with Crippen LogP contribution < -0.4 is 10.2 Å². The summed E-state index contributed by atoms with van der Waals surface area (Å²) in [5.74, 6) is -1.76. The van der Waals surface area contributed by atoms with Crippen molar-refractivity contribution in [1.29, 1.82) is 0 Å². The number of carbonyl (C=O) groups excluding carboxylic acids is 1. The van der Waals surface area contributed by atoms with E-state index in [9.17, 15) is 13.6 Å². The van der Waals surface area contributed by atoms with E-state index in [1.165, 1.54) is 18.2 Å². The Labute approximate surface area is 178 Å². The molecule has 5 nitrogen and oxygen atoms in total. The minimum absolute atomic E-state index is 0.219. The summed E-state index contributed by atoms with van der Waals surface area (Å²) in [7, 11) is 0. The second-order valence-electron chi connectivity index (χ2n) is 7.09. The predicted molar refractivity (Wildman–Crippen MR) is 114 cm³/mol. The molecule has 2 aliphatic heterocycles. The molecule has 2 heterocycles. The molecule has 8 heteroatoms. The summed E-state index contributed by atoms with van der Waals surface area (Å²) < 4.78 is 34.7. The fraction of sp³-hybridized carbons (Fsp3) is 0.273. The number of halogens is 2. The van der Waals surface area contributed by atoms with Crippen molar-refractivity contribution in [3.63, 3.8) is 0 Å². The van der Waals surface area contributed by atoms with Crippen LogP contribution in [0.2, 0.25) is 0 Å². The van der Waals surface area contributed by atoms with Crippen LogP contribution in [0.1, 0.15) is 18.5 Å². The summed E-state index contributed by atoms with van der Waals surface area (Å²) in [6.07, 6.45) is 0. The van der Waals surface area contributed by atoms with Crippen molar-refractivity contribution in [3.8, 4) is 0 Å². The average Bonchev–Trinajstić information content (AvgIpc) is 2.74. The number of morpholine rings is 1. The van der Waals surface area contributed by atoms with Crippen LogP contribution >= 0.6 is 12.2 Å². The lowest BCUT2D eigenvalue weighted by Gasteiger charge is -2.40. The Balaban J connectivity index is 1.86. The van der Waals surface area contributed by atoms with E-state index < -0.39 is 17.7 Å². The van der Waals surface area contributed by atoms with Crippen molar-refractivity contribution in [1.82, 2.24) is 10.2 Å². The third kappa shape index (κ3) is 3.68. The van der Waals surface area contributed by atoms with Gasteiger partial charge in [-0.3, -0.25) is 9.69 Å². The Morgan fingerprint density at radius 1 is 1.07 bits per heavy atom. The van der Waals surface area contributed by atoms with Gasteiger partial charge in [0.25, 0.3) is 5.91 Å². The number of allylic oxidation sites excluding steroid dienone is 1. The first-order valence-corrected chi connectivity index (χ1v) is 10.1. The molecule has 0 saturated carbocycles. The molecule has 30 heavy (non-hydrogen) atoms. The fourth-order valence-corrected chi connectivity index (χ4v) is 4.21. The molecule has 1 amide bonds. The molecule has 2 aromatic rings. The number of thiocarbonyl (C=S) groups is 1. The van der Waals surface area contributed by atoms with Gasteiger partial charge in [-0.15, -0.1) is 0 Å². The molecular formula is C22H21F2N3O2S. The highest BCUT2D eigenvalue weighted by Crippen LogP contribution is 2.36. The van der Waals surface area contributed by atoms with Crippen molar-refractivity contribution < 1.29 is 18.3 Å². The molecule has 0 radical (unpaired) electrons. The molecule has 1 saturated heterocycles. The van der Waals surface area contributed by atoms with Crippen LogP contribution in [0.3, 0.4) is 0 Å². The monoisotopic (exact) mass is 429 g/mol. The minimum Gasteiger partial charge on any atom is -0.378 e. The van der Waals surface area contributed by atoms with Gasteiger partial charge in [0.1, 0.15) is 11.6 Å². The van der Waals surface area contributed by atoms with E-state index in [0.717, 1.165) is 5.69 Å². The molecule has 1 fully saturated rings. The zero-order chi connectivity index (χ0) is 21.3. The standard InChI is InChI=1S/C22H21F2N3O2S/c1-14-18(21(28)26-10-12-29-13-11-26)20(19-16(23)8-5-9-17(19)24)25-22(30)27(14)15-6-3-2-4-7-15/h2-9,20H,10-13H2,1H3,(H,25,30). The van der Waals surface area contributed by atoms with Crippen LogP contribution in [0.25, 0.3) is 0 Å². The van der Waals surface area contributed by atoms with Crippen molar-refractivity contribution in [2.45, 2.75) is 13.0 Å². The van der Waals surface area contributed by atoms with E-state index in [4.69, 9.17) is 17.0 Å². The van der Waals surface area contributed by atoms with E-state index in [1.807, 2.05) is 30.3 Å². The third-order valence-electron chi connectivity index (χ3n) is 5.32. The molecule has 4 rings (SSSR count). The van der Waals surface area contributed by atoms with Crippen LogP contribution in [-0.4, -0.2) is 42.2 Å². The maximum atomic E-state index is 14.7. The van der Waals surface area contributed by atoms with Crippen molar-refractivity contribution in [3.05, 3.63) is 77.0 Å². The first kappa shape index (κ1) is 20.4. The van der Waals surface area contributed by atoms with Crippen molar-refractivity contribution >= 4 is 28.9 Å². The molecule has 1 unspecified atom stereocenters. The van der Waals surface area contributed by atoms with Crippen LogP contribution in [0.15, 0.2) is 59.8 Å². The first-order chi connectivity index (χ1) is 14.5. The Hall–Kier alpha value is -2.84. The van der Waals surface area contributed by atoms with Crippen LogP contribution in [0.5, 0.6) is 0 Å². The number of hydrogen-bond acceptors (Lipinski definition) is 3. The SMILES string of the molecule is CC1=C(C(=O)N2CCOCC2)C(c2c(F)cccc2F)NC(=S)N1c1ccccc1. The van der Waals surface area contributed by atoms with Gasteiger partial charge in [-0.1, -0.05) is 24.3 Å². The number of anilines is 1. The normalized spacial score (nSPS) is 19.7. The number of benzene rings is 2. The zero-order valence-electron chi connectivity index (χ0n) is 16.4. The lowest BCUT2D eigenvalue weighted by Crippen LogP contribution is -2.51. The van der Waals surface area contributed by atoms with Gasteiger partial charge < -0.3 is 15.0 Å². The van der Waals surface area contributed by atoms with Gasteiger partial charge in [0.2, 0.25) is 0 Å². The lowest BCUT2D eigenvalue weighted by molar-refractivity contribution is -0.131. The molecular weight excluding hydrogens is 408 g/mol. The molecule has 156 valence electrons. The van der Waals surface area contributed by atoms with Crippen molar-refractivity contribution in [2.75, 3.05) is 31.2 Å². The van der Waals surface area contributed by atoms with Gasteiger partial charge in [-0.05, 0) is 43.4 Å². The number of nitrogens with zero attached hydrogens (tertiary/aromatic N) is 2. The number of amides is 1. The Morgan fingerprint density at radius 3 is 2.33 bits per heavy atom. The molecule has 0 aromatic heterocycles. The molecule has 1 atom stereocenters. The van der Waals surface area contributed by atoms with E-state index in [0.29, 0.717) is 32.0 Å². The summed E-state index contributed by atoms with van der Waals surface area (Å²) in [6, 6.07) is 11.9. The van der Waals surface area contributed by atoms with Gasteiger partial charge in [0.15, 0.2) is 5.11 Å². The minimum atomic E-state index is -1.03. The molecule has 0 spiro atoms. The summed E-state index contributed by atoms with van der Waals surface area (Å²) in [5.41, 5.74) is 1.34. The van der Waals surface area contributed by atoms with E-state index in [-0.39, 0.29) is 22.2 Å². The number of hydrogen-bond donors (Lipinski definition) is 1. The molecule has 2 aromatic carbocycles. The second-order valence-corrected chi connectivity index (χ2v) is 7.48. The first-order valence-electron chi connectivity index (χ1n) is 9.66. The highest BCUT2D eigenvalue weighted by Gasteiger charge is 2.39. The van der Waals surface area contributed by atoms with Crippen LogP contribution in [0, 0.1) is 11.6 Å². The third-order valence-corrected chi connectivity index (χ3v) is 5.62. The molecule has 1 N–H and O–H groups in total. The Morgan fingerprint density at radius 2 is 1.70 bits per heavy atom. The maximum Gasteiger partial charge on any atom is 0.254 e. The smallest absolute Gasteiger partial charge is 0.254 e. The van der Waals surface area contributed by atoms with E-state index in [2.05, 4.69) is 5.32 Å². The Kier molecular flexibility index (Phi) is 5.78. The number of nitrogens with one attached hydrogen (secondary N) is 1. The zero-order valence-corrected chi connectivity index (χ0v) is 17.2. The fourth-order valence-electron chi connectivity index (χ4n) is 3.85. The van der Waals surface area contributed by atoms with Gasteiger partial charge in [-0.2, -0.15) is 0 Å². The quantitative estimate of drug-likeness (QED) is 0.757. The van der Waals surface area contributed by atoms with Gasteiger partial charge in [0.05, 0.1) is 30.4 Å². The topological polar surface area (TPSA) is 44.8 Å². The van der Waals surface area contributed by atoms with Gasteiger partial charge >= 0.3 is 0 Å². The molecule has 2 aliphatic rings. The predicted octanol–water partition coefficient (Wildman–Crippen LogP) is 3.53. The summed E-state index contributed by atoms with van der Waals surface area (Å²) >= 11 is 5.54. The molecule has 0 aliphatic carbocycles. The highest BCUT2D eigenvalue weighted by molar-refractivity contribution is 7.80. The van der Waals surface area contributed by atoms with Gasteiger partial charge in [0, 0.05) is 24.5 Å². The Bertz CT molecular complexity index is 986. The van der Waals surface area contributed by atoms with E-state index >= 15 is 0 Å². The van der Waals surface area contributed by atoms with Crippen LogP contribution in [-0.2, 0) is 9.53 Å². The number of ether oxygens (including phenoxy) is 1. The lowest BCUT2D eigenvalue weighted by atomic mass is 9.92. The highest BCUT2D eigenvalue weighted by atomic mass is 32.1. The summed E-state index contributed by atoms with van der Waals surface area (Å²) in [4.78, 5) is 16.9. The maximum absolute atomic E-state index is 14.7. The second kappa shape index (κ2) is 8.49. The number of para-hydroxylation sites is 1. The number of carbonyl (C=O) groups is 1. The molecule has 0 bridgehead atoms. The van der Waals surface area contributed by atoms with E-state index in [1.54, 1.807) is 16.7 Å². The van der Waals surface area contributed by atoms with Crippen molar-refractivity contribution in [2.24, 2.45) is 0 Å².